The first kappa shape index (κ1) is 18.4. The molecule has 1 saturated heterocycles. The van der Waals surface area contributed by atoms with Crippen molar-refractivity contribution < 1.29 is 14.3 Å². The van der Waals surface area contributed by atoms with Crippen molar-refractivity contribution >= 4 is 40.4 Å². The molecule has 1 aliphatic rings. The molecule has 0 aliphatic carbocycles. The number of Topliss-reactive ketones (excluding diaryl/α,β-unsaturated/α-hetero) is 1. The molecular weight excluding hydrogens is 362 g/mol. The predicted molar refractivity (Wildman–Crippen MR) is 105 cm³/mol. The van der Waals surface area contributed by atoms with E-state index >= 15 is 0 Å². The number of rotatable bonds is 5. The first-order valence-corrected chi connectivity index (χ1v) is 8.87. The van der Waals surface area contributed by atoms with Gasteiger partial charge in [0.1, 0.15) is 11.8 Å². The fraction of sp³-hybridized carbons (Fsp3) is 0.100. The normalized spacial score (nSPS) is 16.2. The van der Waals surface area contributed by atoms with Crippen LogP contribution in [0.3, 0.4) is 0 Å². The van der Waals surface area contributed by atoms with Gasteiger partial charge in [0.15, 0.2) is 17.6 Å². The lowest BCUT2D eigenvalue weighted by Gasteiger charge is -2.01. The fourth-order valence-electron chi connectivity index (χ4n) is 2.30. The standard InChI is InChI=1S/C20H15N3O3S/c1-13(24)15-4-6-16(7-5-15)22-20-23-19(25)18(27-20)12-14-2-8-17(9-3-14)26-11-10-21/h2-9,12H,11H2,1H3,(H,22,23,25)/b18-12+. The second kappa shape index (κ2) is 8.34. The SMILES string of the molecule is CC(=O)c1ccc(N=C2NC(=O)/C(=C\c3ccc(OCC#N)cc3)S2)cc1. The van der Waals surface area contributed by atoms with E-state index in [1.165, 1.54) is 18.7 Å². The molecule has 27 heavy (non-hydrogen) atoms. The Kier molecular flexibility index (Phi) is 5.69. The molecule has 0 atom stereocenters. The summed E-state index contributed by atoms with van der Waals surface area (Å²) in [7, 11) is 0. The van der Waals surface area contributed by atoms with Crippen molar-refractivity contribution in [2.75, 3.05) is 6.61 Å². The monoisotopic (exact) mass is 377 g/mol. The van der Waals surface area contributed by atoms with Crippen molar-refractivity contribution in [3.8, 4) is 11.8 Å². The van der Waals surface area contributed by atoms with Gasteiger partial charge in [0.25, 0.3) is 5.91 Å². The molecule has 1 aliphatic heterocycles. The van der Waals surface area contributed by atoms with Crippen LogP contribution in [-0.4, -0.2) is 23.5 Å². The summed E-state index contributed by atoms with van der Waals surface area (Å²) in [5.74, 6) is 0.370. The Labute approximate surface area is 160 Å². The van der Waals surface area contributed by atoms with Gasteiger partial charge in [-0.1, -0.05) is 12.1 Å². The van der Waals surface area contributed by atoms with Crippen molar-refractivity contribution in [1.29, 1.82) is 5.26 Å². The zero-order chi connectivity index (χ0) is 19.2. The van der Waals surface area contributed by atoms with Gasteiger partial charge in [-0.3, -0.25) is 9.59 Å². The average Bonchev–Trinajstić information content (AvgIpc) is 3.00. The number of amidine groups is 1. The molecule has 0 aromatic heterocycles. The Bertz CT molecular complexity index is 971. The molecule has 2 aromatic rings. The number of carbonyl (C=O) groups is 2. The Balaban J connectivity index is 1.72. The van der Waals surface area contributed by atoms with Gasteiger partial charge in [0, 0.05) is 5.56 Å². The van der Waals surface area contributed by atoms with Crippen LogP contribution in [0.5, 0.6) is 5.75 Å². The van der Waals surface area contributed by atoms with Crippen molar-refractivity contribution in [3.05, 3.63) is 64.6 Å². The lowest BCUT2D eigenvalue weighted by atomic mass is 10.1. The van der Waals surface area contributed by atoms with Crippen LogP contribution in [0, 0.1) is 11.3 Å². The van der Waals surface area contributed by atoms with Crippen LogP contribution in [-0.2, 0) is 4.79 Å². The lowest BCUT2D eigenvalue weighted by Crippen LogP contribution is -2.19. The van der Waals surface area contributed by atoms with Gasteiger partial charge >= 0.3 is 0 Å². The third-order valence-electron chi connectivity index (χ3n) is 3.64. The molecule has 3 rings (SSSR count). The fourth-order valence-corrected chi connectivity index (χ4v) is 3.14. The molecule has 1 amide bonds. The summed E-state index contributed by atoms with van der Waals surface area (Å²) >= 11 is 1.25. The highest BCUT2D eigenvalue weighted by atomic mass is 32.2. The van der Waals surface area contributed by atoms with E-state index in [9.17, 15) is 9.59 Å². The Morgan fingerprint density at radius 3 is 2.56 bits per heavy atom. The minimum Gasteiger partial charge on any atom is -0.479 e. The summed E-state index contributed by atoms with van der Waals surface area (Å²) in [6.07, 6.45) is 1.76. The van der Waals surface area contributed by atoms with Gasteiger partial charge < -0.3 is 10.1 Å². The van der Waals surface area contributed by atoms with Crippen LogP contribution in [0.1, 0.15) is 22.8 Å². The van der Waals surface area contributed by atoms with E-state index in [-0.39, 0.29) is 18.3 Å². The maximum atomic E-state index is 12.1. The van der Waals surface area contributed by atoms with Crippen molar-refractivity contribution in [2.24, 2.45) is 4.99 Å². The Morgan fingerprint density at radius 1 is 1.22 bits per heavy atom. The summed E-state index contributed by atoms with van der Waals surface area (Å²) < 4.78 is 5.20. The molecule has 0 saturated carbocycles. The van der Waals surface area contributed by atoms with Gasteiger partial charge in [-0.2, -0.15) is 5.26 Å². The molecule has 7 heteroatoms. The van der Waals surface area contributed by atoms with Crippen LogP contribution in [0.25, 0.3) is 6.08 Å². The quantitative estimate of drug-likeness (QED) is 0.634. The smallest absolute Gasteiger partial charge is 0.264 e. The van der Waals surface area contributed by atoms with E-state index in [2.05, 4.69) is 10.3 Å². The van der Waals surface area contributed by atoms with Gasteiger partial charge in [-0.05, 0) is 66.7 Å². The molecule has 6 nitrogen and oxygen atoms in total. The van der Waals surface area contributed by atoms with Crippen molar-refractivity contribution in [1.82, 2.24) is 5.32 Å². The zero-order valence-corrected chi connectivity index (χ0v) is 15.2. The first-order chi connectivity index (χ1) is 13.0. The van der Waals surface area contributed by atoms with E-state index in [1.807, 2.05) is 18.2 Å². The number of amides is 1. The number of thioether (sulfide) groups is 1. The number of hydrogen-bond donors (Lipinski definition) is 1. The predicted octanol–water partition coefficient (Wildman–Crippen LogP) is 3.68. The Hall–Kier alpha value is -3.37. The molecule has 0 spiro atoms. The molecule has 0 radical (unpaired) electrons. The van der Waals surface area contributed by atoms with Gasteiger partial charge in [-0.25, -0.2) is 4.99 Å². The van der Waals surface area contributed by atoms with E-state index < -0.39 is 0 Å². The molecule has 134 valence electrons. The van der Waals surface area contributed by atoms with Crippen LogP contribution in [0.4, 0.5) is 5.69 Å². The van der Waals surface area contributed by atoms with Crippen LogP contribution in [0.2, 0.25) is 0 Å². The number of ether oxygens (including phenoxy) is 1. The third-order valence-corrected chi connectivity index (χ3v) is 4.55. The zero-order valence-electron chi connectivity index (χ0n) is 14.4. The summed E-state index contributed by atoms with van der Waals surface area (Å²) in [5, 5.41) is 11.7. The number of nitrogens with one attached hydrogen (secondary N) is 1. The van der Waals surface area contributed by atoms with Crippen LogP contribution in [0.15, 0.2) is 58.4 Å². The number of ketones is 1. The summed E-state index contributed by atoms with van der Waals surface area (Å²) in [5.41, 5.74) is 2.11. The van der Waals surface area contributed by atoms with Crippen molar-refractivity contribution in [3.63, 3.8) is 0 Å². The molecule has 1 fully saturated rings. The van der Waals surface area contributed by atoms with E-state index in [1.54, 1.807) is 42.5 Å². The second-order valence-electron chi connectivity index (χ2n) is 5.60. The van der Waals surface area contributed by atoms with Gasteiger partial charge in [0.2, 0.25) is 0 Å². The Morgan fingerprint density at radius 2 is 1.93 bits per heavy atom. The molecule has 1 N–H and O–H groups in total. The van der Waals surface area contributed by atoms with Crippen molar-refractivity contribution in [2.45, 2.75) is 6.92 Å². The van der Waals surface area contributed by atoms with Gasteiger partial charge in [-0.15, -0.1) is 0 Å². The van der Waals surface area contributed by atoms with E-state index in [0.717, 1.165) is 5.56 Å². The first-order valence-electron chi connectivity index (χ1n) is 8.05. The highest BCUT2D eigenvalue weighted by Crippen LogP contribution is 2.28. The lowest BCUT2D eigenvalue weighted by molar-refractivity contribution is -0.115. The average molecular weight is 377 g/mol. The highest BCUT2D eigenvalue weighted by molar-refractivity contribution is 8.18. The van der Waals surface area contributed by atoms with Crippen LogP contribution >= 0.6 is 11.8 Å². The number of aliphatic imine (C=N–C) groups is 1. The van der Waals surface area contributed by atoms with Gasteiger partial charge in [0.05, 0.1) is 10.6 Å². The largest absolute Gasteiger partial charge is 0.479 e. The number of carbonyl (C=O) groups excluding carboxylic acids is 2. The van der Waals surface area contributed by atoms with Crippen LogP contribution < -0.4 is 10.1 Å². The minimum absolute atomic E-state index is 0.00740. The third kappa shape index (κ3) is 4.84. The summed E-state index contributed by atoms with van der Waals surface area (Å²) in [4.78, 5) is 28.4. The maximum Gasteiger partial charge on any atom is 0.264 e. The number of hydrogen-bond acceptors (Lipinski definition) is 6. The topological polar surface area (TPSA) is 91.6 Å². The molecule has 2 aromatic carbocycles. The molecule has 0 bridgehead atoms. The highest BCUT2D eigenvalue weighted by Gasteiger charge is 2.23. The minimum atomic E-state index is -0.219. The summed E-state index contributed by atoms with van der Waals surface area (Å²) in [6.45, 7) is 1.50. The molecular formula is C20H15N3O3S. The number of nitriles is 1. The van der Waals surface area contributed by atoms with E-state index in [0.29, 0.717) is 27.1 Å². The number of nitrogens with zero attached hydrogens (tertiary/aromatic N) is 2. The summed E-state index contributed by atoms with van der Waals surface area (Å²) in [6, 6.07) is 15.9. The molecule has 1 heterocycles. The number of benzene rings is 2. The van der Waals surface area contributed by atoms with E-state index in [4.69, 9.17) is 10.00 Å². The second-order valence-corrected chi connectivity index (χ2v) is 6.63. The molecule has 0 unspecified atom stereocenters. The maximum absolute atomic E-state index is 12.1.